The molecule has 2 fully saturated rings. The number of carbonyl (C=O) groups is 1. The molecule has 4 heterocycles. The number of rotatable bonds is 6. The summed E-state index contributed by atoms with van der Waals surface area (Å²) >= 11 is 0. The molecule has 10 heteroatoms. The predicted octanol–water partition coefficient (Wildman–Crippen LogP) is 1.26. The van der Waals surface area contributed by atoms with E-state index in [4.69, 9.17) is 4.42 Å². The normalized spacial score (nSPS) is 20.7. The molecule has 0 aromatic carbocycles. The summed E-state index contributed by atoms with van der Waals surface area (Å²) in [6.45, 7) is 6.13. The van der Waals surface area contributed by atoms with Crippen LogP contribution in [0, 0.1) is 5.92 Å². The van der Waals surface area contributed by atoms with Gasteiger partial charge < -0.3 is 14.2 Å². The van der Waals surface area contributed by atoms with E-state index < -0.39 is 10.0 Å². The summed E-state index contributed by atoms with van der Waals surface area (Å²) in [7, 11) is -2.39. The van der Waals surface area contributed by atoms with E-state index in [1.165, 1.54) is 19.2 Å². The first-order chi connectivity index (χ1) is 15.0. The Morgan fingerprint density at radius 1 is 1.16 bits per heavy atom. The topological polar surface area (TPSA) is 99.0 Å². The van der Waals surface area contributed by atoms with Gasteiger partial charge in [-0.3, -0.25) is 9.69 Å². The minimum atomic E-state index is -3.70. The van der Waals surface area contributed by atoms with E-state index >= 15 is 0 Å². The molecule has 4 rings (SSSR count). The van der Waals surface area contributed by atoms with E-state index in [2.05, 4.69) is 19.5 Å². The second kappa shape index (κ2) is 9.37. The van der Waals surface area contributed by atoms with Crippen LogP contribution in [0.25, 0.3) is 0 Å². The molecule has 0 spiro atoms. The first-order valence-corrected chi connectivity index (χ1v) is 12.2. The van der Waals surface area contributed by atoms with Gasteiger partial charge in [-0.05, 0) is 50.1 Å². The molecule has 2 aliphatic heterocycles. The Morgan fingerprint density at radius 2 is 1.97 bits per heavy atom. The number of likely N-dealkylation sites (tertiary alicyclic amines) is 1. The van der Waals surface area contributed by atoms with Crippen molar-refractivity contribution in [2.45, 2.75) is 17.9 Å². The van der Waals surface area contributed by atoms with Crippen molar-refractivity contribution in [1.29, 1.82) is 0 Å². The van der Waals surface area contributed by atoms with Gasteiger partial charge in [0.1, 0.15) is 5.82 Å². The van der Waals surface area contributed by atoms with Crippen LogP contribution in [-0.2, 0) is 10.0 Å². The van der Waals surface area contributed by atoms with Gasteiger partial charge in [0, 0.05) is 52.0 Å². The number of pyridine rings is 1. The third kappa shape index (κ3) is 5.08. The minimum Gasteiger partial charge on any atom is -0.438 e. The van der Waals surface area contributed by atoms with Crippen molar-refractivity contribution < 1.29 is 17.6 Å². The van der Waals surface area contributed by atoms with Crippen molar-refractivity contribution in [3.8, 4) is 0 Å². The Balaban J connectivity index is 1.30. The zero-order valence-corrected chi connectivity index (χ0v) is 18.6. The van der Waals surface area contributed by atoms with Crippen LogP contribution in [0.5, 0.6) is 0 Å². The molecular formula is C21H29N5O4S. The van der Waals surface area contributed by atoms with Crippen LogP contribution >= 0.6 is 0 Å². The summed E-state index contributed by atoms with van der Waals surface area (Å²) in [6.07, 6.45) is 3.85. The van der Waals surface area contributed by atoms with E-state index in [1.807, 2.05) is 24.4 Å². The molecule has 2 aromatic heterocycles. The SMILES string of the molecule is CNS(=O)(=O)c1ccc(C(=O)N2CCCC(CN3CCN(c4ccccn4)CC3)C2)o1. The van der Waals surface area contributed by atoms with Crippen LogP contribution in [0.15, 0.2) is 46.0 Å². The highest BCUT2D eigenvalue weighted by molar-refractivity contribution is 7.89. The Labute approximate surface area is 183 Å². The zero-order chi connectivity index (χ0) is 21.8. The maximum Gasteiger partial charge on any atom is 0.289 e. The highest BCUT2D eigenvalue weighted by atomic mass is 32.2. The molecule has 1 amide bonds. The molecule has 1 N–H and O–H groups in total. The lowest BCUT2D eigenvalue weighted by Crippen LogP contribution is -2.50. The molecule has 1 atom stereocenters. The van der Waals surface area contributed by atoms with E-state index in [0.29, 0.717) is 19.0 Å². The second-order valence-corrected chi connectivity index (χ2v) is 9.88. The van der Waals surface area contributed by atoms with Crippen LogP contribution in [0.1, 0.15) is 23.4 Å². The number of aromatic nitrogens is 1. The lowest BCUT2D eigenvalue weighted by Gasteiger charge is -2.39. The molecule has 0 aliphatic carbocycles. The van der Waals surface area contributed by atoms with Crippen molar-refractivity contribution >= 4 is 21.7 Å². The van der Waals surface area contributed by atoms with Gasteiger partial charge in [0.05, 0.1) is 0 Å². The molecule has 2 saturated heterocycles. The number of hydrogen-bond acceptors (Lipinski definition) is 7. The molecule has 2 aliphatic rings. The monoisotopic (exact) mass is 447 g/mol. The number of piperidine rings is 1. The van der Waals surface area contributed by atoms with Gasteiger partial charge in [-0.25, -0.2) is 18.1 Å². The molecular weight excluding hydrogens is 418 g/mol. The van der Waals surface area contributed by atoms with E-state index in [1.54, 1.807) is 4.90 Å². The number of hydrogen-bond donors (Lipinski definition) is 1. The second-order valence-electron chi connectivity index (χ2n) is 8.06. The smallest absolute Gasteiger partial charge is 0.289 e. The number of carbonyl (C=O) groups excluding carboxylic acids is 1. The molecule has 31 heavy (non-hydrogen) atoms. The standard InChI is InChI=1S/C21H29N5O4S/c1-22-31(28,29)20-8-7-18(30-20)21(27)26-10-4-5-17(16-26)15-24-11-13-25(14-12-24)19-6-2-3-9-23-19/h2-3,6-9,17,22H,4-5,10-16H2,1H3. The molecule has 168 valence electrons. The third-order valence-corrected chi connectivity index (χ3v) is 7.28. The molecule has 0 bridgehead atoms. The van der Waals surface area contributed by atoms with Gasteiger partial charge >= 0.3 is 0 Å². The molecule has 0 saturated carbocycles. The number of amides is 1. The number of piperazine rings is 1. The number of sulfonamides is 1. The summed E-state index contributed by atoms with van der Waals surface area (Å²) in [5.41, 5.74) is 0. The number of anilines is 1. The lowest BCUT2D eigenvalue weighted by molar-refractivity contribution is 0.0601. The van der Waals surface area contributed by atoms with Gasteiger partial charge in [0.25, 0.3) is 15.9 Å². The highest BCUT2D eigenvalue weighted by Gasteiger charge is 2.29. The van der Waals surface area contributed by atoms with Gasteiger partial charge in [-0.1, -0.05) is 6.07 Å². The fourth-order valence-electron chi connectivity index (χ4n) is 4.30. The molecule has 1 unspecified atom stereocenters. The highest BCUT2D eigenvalue weighted by Crippen LogP contribution is 2.22. The maximum absolute atomic E-state index is 12.9. The van der Waals surface area contributed by atoms with Crippen LogP contribution in [0.3, 0.4) is 0 Å². The predicted molar refractivity (Wildman–Crippen MR) is 116 cm³/mol. The lowest BCUT2D eigenvalue weighted by atomic mass is 9.97. The first kappa shape index (κ1) is 21.8. The fraction of sp³-hybridized carbons (Fsp3) is 0.524. The summed E-state index contributed by atoms with van der Waals surface area (Å²) in [4.78, 5) is 23.8. The van der Waals surface area contributed by atoms with Gasteiger partial charge in [-0.2, -0.15) is 0 Å². The van der Waals surface area contributed by atoms with E-state index in [-0.39, 0.29) is 16.8 Å². The number of furan rings is 1. The maximum atomic E-state index is 12.9. The average Bonchev–Trinajstić information content (AvgIpc) is 3.31. The summed E-state index contributed by atoms with van der Waals surface area (Å²) in [5.74, 6) is 1.24. The van der Waals surface area contributed by atoms with Crippen LogP contribution < -0.4 is 9.62 Å². The fourth-order valence-corrected chi connectivity index (χ4v) is 4.95. The summed E-state index contributed by atoms with van der Waals surface area (Å²) in [6, 6.07) is 8.74. The van der Waals surface area contributed by atoms with Crippen molar-refractivity contribution in [3.63, 3.8) is 0 Å². The quantitative estimate of drug-likeness (QED) is 0.712. The van der Waals surface area contributed by atoms with Crippen molar-refractivity contribution in [3.05, 3.63) is 42.3 Å². The Morgan fingerprint density at radius 3 is 2.68 bits per heavy atom. The Hall–Kier alpha value is -2.43. The van der Waals surface area contributed by atoms with E-state index in [0.717, 1.165) is 51.4 Å². The summed E-state index contributed by atoms with van der Waals surface area (Å²) < 4.78 is 31.2. The average molecular weight is 448 g/mol. The minimum absolute atomic E-state index is 0.0680. The number of nitrogens with zero attached hydrogens (tertiary/aromatic N) is 4. The van der Waals surface area contributed by atoms with Crippen molar-refractivity contribution in [2.24, 2.45) is 5.92 Å². The number of nitrogens with one attached hydrogen (secondary N) is 1. The molecule has 2 aromatic rings. The molecule has 9 nitrogen and oxygen atoms in total. The Bertz CT molecular complexity index is 986. The van der Waals surface area contributed by atoms with Gasteiger partial charge in [-0.15, -0.1) is 0 Å². The van der Waals surface area contributed by atoms with Crippen LogP contribution in [-0.4, -0.2) is 82.0 Å². The summed E-state index contributed by atoms with van der Waals surface area (Å²) in [5, 5.41) is -0.238. The Kier molecular flexibility index (Phi) is 6.59. The van der Waals surface area contributed by atoms with E-state index in [9.17, 15) is 13.2 Å². The van der Waals surface area contributed by atoms with Crippen molar-refractivity contribution in [2.75, 3.05) is 57.8 Å². The molecule has 0 radical (unpaired) electrons. The largest absolute Gasteiger partial charge is 0.438 e. The van der Waals surface area contributed by atoms with Crippen LogP contribution in [0.2, 0.25) is 0 Å². The first-order valence-electron chi connectivity index (χ1n) is 10.7. The van der Waals surface area contributed by atoms with Gasteiger partial charge in [0.15, 0.2) is 5.76 Å². The van der Waals surface area contributed by atoms with Crippen molar-refractivity contribution in [1.82, 2.24) is 19.5 Å². The third-order valence-electron chi connectivity index (χ3n) is 5.99. The zero-order valence-electron chi connectivity index (χ0n) is 17.7. The van der Waals surface area contributed by atoms with Crippen LogP contribution in [0.4, 0.5) is 5.82 Å². The van der Waals surface area contributed by atoms with Gasteiger partial charge in [0.2, 0.25) is 5.09 Å².